The van der Waals surface area contributed by atoms with Crippen LogP contribution >= 0.6 is 11.6 Å². The van der Waals surface area contributed by atoms with Crippen LogP contribution in [-0.2, 0) is 6.54 Å². The van der Waals surface area contributed by atoms with Crippen LogP contribution in [0.15, 0.2) is 46.9 Å². The van der Waals surface area contributed by atoms with Gasteiger partial charge in [-0.25, -0.2) is 4.39 Å². The van der Waals surface area contributed by atoms with Crippen molar-refractivity contribution in [2.24, 2.45) is 0 Å². The van der Waals surface area contributed by atoms with E-state index in [1.165, 1.54) is 12.1 Å². The van der Waals surface area contributed by atoms with Gasteiger partial charge in [-0.3, -0.25) is 9.69 Å². The summed E-state index contributed by atoms with van der Waals surface area (Å²) in [6.07, 6.45) is 0. The lowest BCUT2D eigenvalue weighted by molar-refractivity contribution is 0.0269. The van der Waals surface area contributed by atoms with Crippen LogP contribution in [-0.4, -0.2) is 40.9 Å². The van der Waals surface area contributed by atoms with Crippen LogP contribution in [0.2, 0.25) is 5.02 Å². The van der Waals surface area contributed by atoms with E-state index in [4.69, 9.17) is 16.0 Å². The quantitative estimate of drug-likeness (QED) is 0.586. The first-order valence-corrected chi connectivity index (χ1v) is 10.2. The maximum atomic E-state index is 13.2. The molecule has 2 atom stereocenters. The standard InChI is InChI=1S/C23H24ClFN2O2/c1-14-8-21-18(9-20(14)24)10-22(29-21)23(28)27-12-15(2)26(11-16(27)3)13-17-4-6-19(25)7-5-17/h4-10,15-16H,11-13H2,1-3H3. The second-order valence-electron chi connectivity index (χ2n) is 7.96. The number of rotatable bonds is 3. The molecule has 2 aromatic carbocycles. The van der Waals surface area contributed by atoms with Crippen molar-refractivity contribution in [1.82, 2.24) is 9.80 Å². The number of fused-ring (bicyclic) bond motifs is 1. The highest BCUT2D eigenvalue weighted by Crippen LogP contribution is 2.28. The Morgan fingerprint density at radius 2 is 1.86 bits per heavy atom. The molecule has 1 aromatic heterocycles. The minimum atomic E-state index is -0.229. The Morgan fingerprint density at radius 3 is 2.59 bits per heavy atom. The van der Waals surface area contributed by atoms with E-state index in [9.17, 15) is 9.18 Å². The molecule has 0 bridgehead atoms. The lowest BCUT2D eigenvalue weighted by Crippen LogP contribution is -2.57. The third kappa shape index (κ3) is 4.02. The number of halogens is 2. The first-order chi connectivity index (χ1) is 13.8. The average molecular weight is 415 g/mol. The van der Waals surface area contributed by atoms with Gasteiger partial charge in [0.05, 0.1) is 0 Å². The molecule has 6 heteroatoms. The number of carbonyl (C=O) groups excluding carboxylic acids is 1. The van der Waals surface area contributed by atoms with Crippen molar-refractivity contribution in [1.29, 1.82) is 0 Å². The summed E-state index contributed by atoms with van der Waals surface area (Å²) in [5, 5.41) is 1.49. The van der Waals surface area contributed by atoms with Crippen molar-refractivity contribution in [3.05, 3.63) is 70.2 Å². The summed E-state index contributed by atoms with van der Waals surface area (Å²) in [6.45, 7) is 8.15. The van der Waals surface area contributed by atoms with E-state index in [1.54, 1.807) is 6.07 Å². The van der Waals surface area contributed by atoms with E-state index in [2.05, 4.69) is 11.8 Å². The molecule has 2 unspecified atom stereocenters. The highest BCUT2D eigenvalue weighted by Gasteiger charge is 2.33. The molecule has 2 heterocycles. The van der Waals surface area contributed by atoms with Crippen molar-refractivity contribution < 1.29 is 13.6 Å². The zero-order valence-corrected chi connectivity index (χ0v) is 17.5. The van der Waals surface area contributed by atoms with E-state index >= 15 is 0 Å². The van der Waals surface area contributed by atoms with Crippen molar-refractivity contribution in [2.75, 3.05) is 13.1 Å². The Bertz CT molecular complexity index is 1010. The summed E-state index contributed by atoms with van der Waals surface area (Å²) in [6, 6.07) is 12.3. The normalized spacial score (nSPS) is 20.4. The first kappa shape index (κ1) is 19.9. The molecule has 1 amide bonds. The van der Waals surface area contributed by atoms with Gasteiger partial charge in [0.2, 0.25) is 0 Å². The van der Waals surface area contributed by atoms with Crippen LogP contribution in [0.3, 0.4) is 0 Å². The maximum Gasteiger partial charge on any atom is 0.289 e. The number of benzene rings is 2. The summed E-state index contributed by atoms with van der Waals surface area (Å²) in [4.78, 5) is 17.3. The topological polar surface area (TPSA) is 36.7 Å². The van der Waals surface area contributed by atoms with E-state index in [-0.39, 0.29) is 23.8 Å². The Labute approximate surface area is 174 Å². The number of amides is 1. The molecule has 0 saturated carbocycles. The van der Waals surface area contributed by atoms with Gasteiger partial charge in [0.25, 0.3) is 5.91 Å². The Balaban J connectivity index is 1.49. The molecule has 1 saturated heterocycles. The van der Waals surface area contributed by atoms with Crippen molar-refractivity contribution in [3.8, 4) is 0 Å². The number of furan rings is 1. The van der Waals surface area contributed by atoms with Crippen molar-refractivity contribution in [3.63, 3.8) is 0 Å². The van der Waals surface area contributed by atoms with Crippen LogP contribution in [0.25, 0.3) is 11.0 Å². The molecular formula is C23H24ClFN2O2. The van der Waals surface area contributed by atoms with Gasteiger partial charge in [-0.1, -0.05) is 23.7 Å². The van der Waals surface area contributed by atoms with Gasteiger partial charge in [0.15, 0.2) is 5.76 Å². The van der Waals surface area contributed by atoms with E-state index in [1.807, 2.05) is 43.0 Å². The van der Waals surface area contributed by atoms with Gasteiger partial charge in [-0.05, 0) is 62.2 Å². The Kier molecular flexibility index (Phi) is 5.36. The number of carbonyl (C=O) groups is 1. The molecule has 1 fully saturated rings. The summed E-state index contributed by atoms with van der Waals surface area (Å²) >= 11 is 6.20. The predicted octanol–water partition coefficient (Wildman–Crippen LogP) is 5.27. The third-order valence-electron chi connectivity index (χ3n) is 5.68. The fourth-order valence-electron chi connectivity index (χ4n) is 3.93. The van der Waals surface area contributed by atoms with Gasteiger partial charge in [0, 0.05) is 42.1 Å². The molecule has 29 heavy (non-hydrogen) atoms. The number of nitrogens with zero attached hydrogens (tertiary/aromatic N) is 2. The zero-order valence-electron chi connectivity index (χ0n) is 16.8. The molecule has 0 aliphatic carbocycles. The number of hydrogen-bond donors (Lipinski definition) is 0. The highest BCUT2D eigenvalue weighted by atomic mass is 35.5. The zero-order chi connectivity index (χ0) is 20.7. The van der Waals surface area contributed by atoms with Crippen LogP contribution in [0.1, 0.15) is 35.5 Å². The summed E-state index contributed by atoms with van der Waals surface area (Å²) < 4.78 is 19.0. The second kappa shape index (κ2) is 7.81. The average Bonchev–Trinajstić information content (AvgIpc) is 3.08. The maximum absolute atomic E-state index is 13.2. The largest absolute Gasteiger partial charge is 0.451 e. The van der Waals surface area contributed by atoms with Gasteiger partial charge in [0.1, 0.15) is 11.4 Å². The van der Waals surface area contributed by atoms with E-state index < -0.39 is 0 Å². The highest BCUT2D eigenvalue weighted by molar-refractivity contribution is 6.32. The molecule has 0 radical (unpaired) electrons. The molecule has 1 aliphatic rings. The lowest BCUT2D eigenvalue weighted by Gasteiger charge is -2.43. The molecule has 0 spiro atoms. The predicted molar refractivity (Wildman–Crippen MR) is 113 cm³/mol. The molecular weight excluding hydrogens is 391 g/mol. The molecule has 4 rings (SSSR count). The molecule has 0 N–H and O–H groups in total. The monoisotopic (exact) mass is 414 g/mol. The second-order valence-corrected chi connectivity index (χ2v) is 8.37. The summed E-state index contributed by atoms with van der Waals surface area (Å²) in [7, 11) is 0. The smallest absolute Gasteiger partial charge is 0.289 e. The summed E-state index contributed by atoms with van der Waals surface area (Å²) in [5.41, 5.74) is 2.66. The Hall–Kier alpha value is -2.37. The van der Waals surface area contributed by atoms with Gasteiger partial charge < -0.3 is 9.32 Å². The van der Waals surface area contributed by atoms with Crippen LogP contribution < -0.4 is 0 Å². The minimum Gasteiger partial charge on any atom is -0.451 e. The molecule has 1 aliphatic heterocycles. The molecule has 4 nitrogen and oxygen atoms in total. The third-order valence-corrected chi connectivity index (χ3v) is 6.09. The van der Waals surface area contributed by atoms with Crippen molar-refractivity contribution in [2.45, 2.75) is 39.4 Å². The molecule has 152 valence electrons. The van der Waals surface area contributed by atoms with Gasteiger partial charge in [-0.15, -0.1) is 0 Å². The number of piperazine rings is 1. The van der Waals surface area contributed by atoms with Crippen LogP contribution in [0.5, 0.6) is 0 Å². The van der Waals surface area contributed by atoms with Crippen LogP contribution in [0.4, 0.5) is 4.39 Å². The number of aryl methyl sites for hydroxylation is 1. The SMILES string of the molecule is Cc1cc2oc(C(=O)N3CC(C)N(Cc4ccc(F)cc4)CC3C)cc2cc1Cl. The first-order valence-electron chi connectivity index (χ1n) is 9.81. The van der Waals surface area contributed by atoms with E-state index in [0.29, 0.717) is 22.9 Å². The van der Waals surface area contributed by atoms with Gasteiger partial charge >= 0.3 is 0 Å². The fraction of sp³-hybridized carbons (Fsp3) is 0.348. The van der Waals surface area contributed by atoms with Gasteiger partial charge in [-0.2, -0.15) is 0 Å². The summed E-state index contributed by atoms with van der Waals surface area (Å²) in [5.74, 6) is 0.0105. The fourth-order valence-corrected chi connectivity index (χ4v) is 4.11. The van der Waals surface area contributed by atoms with Crippen molar-refractivity contribution >= 4 is 28.5 Å². The number of hydrogen-bond acceptors (Lipinski definition) is 3. The molecule has 3 aromatic rings. The lowest BCUT2D eigenvalue weighted by atomic mass is 10.1. The van der Waals surface area contributed by atoms with E-state index in [0.717, 1.165) is 29.6 Å². The Morgan fingerprint density at radius 1 is 1.14 bits per heavy atom. The minimum absolute atomic E-state index is 0.0395. The van der Waals surface area contributed by atoms with Crippen LogP contribution in [0, 0.1) is 12.7 Å².